The molecule has 2 amide bonds. The zero-order valence-electron chi connectivity index (χ0n) is 11.6. The van der Waals surface area contributed by atoms with E-state index < -0.39 is 6.04 Å². The molecule has 110 valence electrons. The van der Waals surface area contributed by atoms with E-state index in [-0.39, 0.29) is 37.3 Å². The average molecular weight is 282 g/mol. The lowest BCUT2D eigenvalue weighted by Gasteiger charge is -2.27. The van der Waals surface area contributed by atoms with Crippen molar-refractivity contribution in [2.24, 2.45) is 0 Å². The summed E-state index contributed by atoms with van der Waals surface area (Å²) in [5.74, 6) is -0.936. The maximum Gasteiger partial charge on any atom is 0.242 e. The van der Waals surface area contributed by atoms with E-state index in [1.54, 1.807) is 19.1 Å². The summed E-state index contributed by atoms with van der Waals surface area (Å²) in [5, 5.41) is 11.2. The van der Waals surface area contributed by atoms with Crippen LogP contribution in [0.5, 0.6) is 0 Å². The van der Waals surface area contributed by atoms with E-state index >= 15 is 0 Å². The number of nitrogens with one attached hydrogen (secondary N) is 1. The number of hydrogen-bond acceptors (Lipinski definition) is 3. The Labute approximate surface area is 117 Å². The Bertz CT molecular complexity index is 462. The van der Waals surface area contributed by atoms with Crippen LogP contribution in [-0.2, 0) is 16.1 Å². The molecule has 0 aliphatic rings. The van der Waals surface area contributed by atoms with Gasteiger partial charge in [0.25, 0.3) is 0 Å². The maximum atomic E-state index is 12.8. The Balaban J connectivity index is 2.75. The van der Waals surface area contributed by atoms with Crippen LogP contribution in [0.4, 0.5) is 4.39 Å². The summed E-state index contributed by atoms with van der Waals surface area (Å²) in [6.07, 6.45) is 0. The highest BCUT2D eigenvalue weighted by atomic mass is 19.1. The van der Waals surface area contributed by atoms with Crippen LogP contribution in [-0.4, -0.2) is 41.0 Å². The van der Waals surface area contributed by atoms with Crippen LogP contribution >= 0.6 is 0 Å². The largest absolute Gasteiger partial charge is 0.395 e. The fraction of sp³-hybridized carbons (Fsp3) is 0.429. The van der Waals surface area contributed by atoms with E-state index in [2.05, 4.69) is 5.32 Å². The molecule has 0 saturated heterocycles. The van der Waals surface area contributed by atoms with Gasteiger partial charge in [0, 0.05) is 20.0 Å². The van der Waals surface area contributed by atoms with Crippen molar-refractivity contribution in [1.29, 1.82) is 0 Å². The SMILES string of the molecule is CC(=O)N(Cc1ccc(F)cc1)C(C)C(=O)NCCO. The smallest absolute Gasteiger partial charge is 0.242 e. The molecule has 1 unspecified atom stereocenters. The molecule has 1 aromatic rings. The summed E-state index contributed by atoms with van der Waals surface area (Å²) < 4.78 is 12.8. The fourth-order valence-corrected chi connectivity index (χ4v) is 1.78. The molecule has 0 bridgehead atoms. The van der Waals surface area contributed by atoms with Gasteiger partial charge in [0.05, 0.1) is 6.61 Å². The van der Waals surface area contributed by atoms with Crippen LogP contribution in [0.15, 0.2) is 24.3 Å². The minimum atomic E-state index is -0.663. The van der Waals surface area contributed by atoms with Gasteiger partial charge in [-0.25, -0.2) is 4.39 Å². The van der Waals surface area contributed by atoms with Crippen LogP contribution in [0.1, 0.15) is 19.4 Å². The van der Waals surface area contributed by atoms with Gasteiger partial charge < -0.3 is 15.3 Å². The number of aliphatic hydroxyl groups excluding tert-OH is 1. The number of aliphatic hydroxyl groups is 1. The van der Waals surface area contributed by atoms with Gasteiger partial charge in [0.1, 0.15) is 11.9 Å². The van der Waals surface area contributed by atoms with E-state index in [1.807, 2.05) is 0 Å². The molecule has 1 atom stereocenters. The molecule has 0 radical (unpaired) electrons. The summed E-state index contributed by atoms with van der Waals surface area (Å²) in [7, 11) is 0. The second-order valence-corrected chi connectivity index (χ2v) is 4.46. The Kier molecular flexibility index (Phi) is 6.11. The van der Waals surface area contributed by atoms with Gasteiger partial charge in [0.2, 0.25) is 11.8 Å². The van der Waals surface area contributed by atoms with Gasteiger partial charge in [-0.3, -0.25) is 9.59 Å². The highest BCUT2D eigenvalue weighted by molar-refractivity contribution is 5.86. The lowest BCUT2D eigenvalue weighted by molar-refractivity contribution is -0.139. The van der Waals surface area contributed by atoms with Crippen molar-refractivity contribution < 1.29 is 19.1 Å². The number of hydrogen-bond donors (Lipinski definition) is 2. The number of halogens is 1. The van der Waals surface area contributed by atoms with Crippen molar-refractivity contribution in [3.8, 4) is 0 Å². The first kappa shape index (κ1) is 16.1. The van der Waals surface area contributed by atoms with Crippen molar-refractivity contribution in [2.75, 3.05) is 13.2 Å². The van der Waals surface area contributed by atoms with Crippen LogP contribution in [0.25, 0.3) is 0 Å². The van der Waals surface area contributed by atoms with E-state index in [9.17, 15) is 14.0 Å². The van der Waals surface area contributed by atoms with Gasteiger partial charge in [-0.15, -0.1) is 0 Å². The zero-order valence-corrected chi connectivity index (χ0v) is 11.6. The second-order valence-electron chi connectivity index (χ2n) is 4.46. The third-order valence-corrected chi connectivity index (χ3v) is 2.93. The number of benzene rings is 1. The molecule has 1 aromatic carbocycles. The van der Waals surface area contributed by atoms with Crippen molar-refractivity contribution in [3.63, 3.8) is 0 Å². The Morgan fingerprint density at radius 3 is 2.45 bits per heavy atom. The van der Waals surface area contributed by atoms with Crippen molar-refractivity contribution in [3.05, 3.63) is 35.6 Å². The first-order valence-corrected chi connectivity index (χ1v) is 6.36. The Morgan fingerprint density at radius 2 is 1.95 bits per heavy atom. The molecule has 0 fully saturated rings. The summed E-state index contributed by atoms with van der Waals surface area (Å²) in [4.78, 5) is 24.9. The van der Waals surface area contributed by atoms with Gasteiger partial charge >= 0.3 is 0 Å². The minimum absolute atomic E-state index is 0.144. The summed E-state index contributed by atoms with van der Waals surface area (Å²) >= 11 is 0. The molecule has 2 N–H and O–H groups in total. The zero-order chi connectivity index (χ0) is 15.1. The number of carbonyl (C=O) groups excluding carboxylic acids is 2. The summed E-state index contributed by atoms with van der Waals surface area (Å²) in [6.45, 7) is 3.20. The average Bonchev–Trinajstić information content (AvgIpc) is 2.43. The topological polar surface area (TPSA) is 69.6 Å². The lowest BCUT2D eigenvalue weighted by atomic mass is 10.1. The monoisotopic (exact) mass is 282 g/mol. The van der Waals surface area contributed by atoms with Crippen molar-refractivity contribution in [1.82, 2.24) is 10.2 Å². The van der Waals surface area contributed by atoms with E-state index in [4.69, 9.17) is 5.11 Å². The summed E-state index contributed by atoms with van der Waals surface area (Å²) in [6, 6.07) is 5.10. The van der Waals surface area contributed by atoms with Gasteiger partial charge in [-0.1, -0.05) is 12.1 Å². The number of amides is 2. The molecule has 0 aliphatic heterocycles. The third-order valence-electron chi connectivity index (χ3n) is 2.93. The molecule has 6 heteroatoms. The van der Waals surface area contributed by atoms with Gasteiger partial charge in [-0.05, 0) is 24.6 Å². The molecular weight excluding hydrogens is 263 g/mol. The molecule has 0 spiro atoms. The predicted octanol–water partition coefficient (Wildman–Crippen LogP) is 0.671. The van der Waals surface area contributed by atoms with Crippen LogP contribution in [0.2, 0.25) is 0 Å². The quantitative estimate of drug-likeness (QED) is 0.806. The van der Waals surface area contributed by atoms with Crippen LogP contribution in [0.3, 0.4) is 0 Å². The van der Waals surface area contributed by atoms with Crippen molar-refractivity contribution >= 4 is 11.8 Å². The highest BCUT2D eigenvalue weighted by Crippen LogP contribution is 2.10. The Hall–Kier alpha value is -1.95. The standard InChI is InChI=1S/C14H19FN2O3/c1-10(14(20)16-7-8-18)17(11(2)19)9-12-3-5-13(15)6-4-12/h3-6,10,18H,7-9H2,1-2H3,(H,16,20). The molecule has 0 saturated carbocycles. The predicted molar refractivity (Wildman–Crippen MR) is 72.2 cm³/mol. The first-order chi connectivity index (χ1) is 9.45. The fourth-order valence-electron chi connectivity index (χ4n) is 1.78. The normalized spacial score (nSPS) is 11.8. The second kappa shape index (κ2) is 7.59. The minimum Gasteiger partial charge on any atom is -0.395 e. The lowest BCUT2D eigenvalue weighted by Crippen LogP contribution is -2.47. The highest BCUT2D eigenvalue weighted by Gasteiger charge is 2.23. The van der Waals surface area contributed by atoms with E-state index in [1.165, 1.54) is 24.0 Å². The first-order valence-electron chi connectivity index (χ1n) is 6.36. The molecule has 20 heavy (non-hydrogen) atoms. The van der Waals surface area contributed by atoms with Gasteiger partial charge in [-0.2, -0.15) is 0 Å². The maximum absolute atomic E-state index is 12.8. The van der Waals surface area contributed by atoms with Crippen molar-refractivity contribution in [2.45, 2.75) is 26.4 Å². The van der Waals surface area contributed by atoms with Gasteiger partial charge in [0.15, 0.2) is 0 Å². The van der Waals surface area contributed by atoms with E-state index in [0.717, 1.165) is 5.56 Å². The number of rotatable bonds is 6. The summed E-state index contributed by atoms with van der Waals surface area (Å²) in [5.41, 5.74) is 0.739. The molecule has 0 aromatic heterocycles. The molecular formula is C14H19FN2O3. The van der Waals surface area contributed by atoms with Crippen LogP contribution in [0, 0.1) is 5.82 Å². The number of carbonyl (C=O) groups is 2. The molecule has 1 rings (SSSR count). The third kappa shape index (κ3) is 4.62. The molecule has 5 nitrogen and oxygen atoms in total. The molecule has 0 aliphatic carbocycles. The van der Waals surface area contributed by atoms with Crippen LogP contribution < -0.4 is 5.32 Å². The number of nitrogens with zero attached hydrogens (tertiary/aromatic N) is 1. The van der Waals surface area contributed by atoms with E-state index in [0.29, 0.717) is 0 Å². The molecule has 0 heterocycles. The Morgan fingerprint density at radius 1 is 1.35 bits per heavy atom.